The molecule has 1 rings (SSSR count). The van der Waals surface area contributed by atoms with Gasteiger partial charge in [-0.3, -0.25) is 4.79 Å². The highest BCUT2D eigenvalue weighted by molar-refractivity contribution is 7.07. The Hall–Kier alpha value is -0.900. The fourth-order valence-electron chi connectivity index (χ4n) is 1.83. The Morgan fingerprint density at radius 1 is 1.12 bits per heavy atom. The van der Waals surface area contributed by atoms with Gasteiger partial charge in [-0.1, -0.05) is 32.1 Å². The quantitative estimate of drug-likeness (QED) is 0.645. The van der Waals surface area contributed by atoms with Crippen LogP contribution in [0.3, 0.4) is 0 Å². The molecule has 0 atom stereocenters. The molecule has 0 aliphatic carbocycles. The number of thiazole rings is 1. The highest BCUT2D eigenvalue weighted by atomic mass is 32.1. The minimum Gasteiger partial charge on any atom is -0.481 e. The second-order valence-corrected chi connectivity index (χ2v) is 5.07. The number of unbranched alkanes of at least 4 members (excludes halogenated alkanes) is 6. The molecule has 0 saturated carbocycles. The lowest BCUT2D eigenvalue weighted by Crippen LogP contribution is -1.93. The Balaban J connectivity index is 1.80. The van der Waals surface area contributed by atoms with Crippen LogP contribution in [0, 0.1) is 0 Å². The lowest BCUT2D eigenvalue weighted by Gasteiger charge is -2.00. The first kappa shape index (κ1) is 14.2. The summed E-state index contributed by atoms with van der Waals surface area (Å²) in [5.74, 6) is -0.673. The van der Waals surface area contributed by atoms with Gasteiger partial charge in [-0.15, -0.1) is 11.3 Å². The number of hydrogen-bond donors (Lipinski definition) is 1. The number of carbonyl (C=O) groups is 1. The first-order valence-electron chi connectivity index (χ1n) is 6.38. The lowest BCUT2D eigenvalue weighted by atomic mass is 10.1. The van der Waals surface area contributed by atoms with E-state index in [9.17, 15) is 4.79 Å². The summed E-state index contributed by atoms with van der Waals surface area (Å²) in [5.41, 5.74) is 3.11. The summed E-state index contributed by atoms with van der Waals surface area (Å²) in [6.07, 6.45) is 9.45. The van der Waals surface area contributed by atoms with E-state index in [4.69, 9.17) is 5.11 Å². The average molecular weight is 255 g/mol. The van der Waals surface area contributed by atoms with Crippen LogP contribution in [0.5, 0.6) is 0 Å². The molecule has 0 bridgehead atoms. The van der Waals surface area contributed by atoms with E-state index in [0.29, 0.717) is 6.42 Å². The minimum atomic E-state index is -0.673. The molecule has 0 fully saturated rings. The first-order chi connectivity index (χ1) is 8.29. The van der Waals surface area contributed by atoms with Gasteiger partial charge in [0.25, 0.3) is 0 Å². The molecule has 0 aliphatic rings. The predicted molar refractivity (Wildman–Crippen MR) is 70.4 cm³/mol. The molecule has 1 N–H and O–H groups in total. The van der Waals surface area contributed by atoms with E-state index in [1.54, 1.807) is 11.3 Å². The molecule has 4 heteroatoms. The van der Waals surface area contributed by atoms with Crippen molar-refractivity contribution in [3.05, 3.63) is 16.6 Å². The van der Waals surface area contributed by atoms with Crippen LogP contribution in [0.4, 0.5) is 0 Å². The fourth-order valence-corrected chi connectivity index (χ4v) is 2.42. The largest absolute Gasteiger partial charge is 0.481 e. The van der Waals surface area contributed by atoms with Crippen molar-refractivity contribution in [3.63, 3.8) is 0 Å². The molecule has 0 unspecified atom stereocenters. The fraction of sp³-hybridized carbons (Fsp3) is 0.692. The molecule has 1 aromatic rings. The van der Waals surface area contributed by atoms with E-state index < -0.39 is 5.97 Å². The number of carboxylic acids is 1. The maximum atomic E-state index is 10.3. The molecule has 0 amide bonds. The molecule has 0 radical (unpaired) electrons. The van der Waals surface area contributed by atoms with E-state index in [2.05, 4.69) is 10.4 Å². The molecule has 17 heavy (non-hydrogen) atoms. The smallest absolute Gasteiger partial charge is 0.303 e. The second kappa shape index (κ2) is 9.16. The summed E-state index contributed by atoms with van der Waals surface area (Å²) < 4.78 is 0. The monoisotopic (exact) mass is 255 g/mol. The summed E-state index contributed by atoms with van der Waals surface area (Å²) in [7, 11) is 0. The van der Waals surface area contributed by atoms with E-state index >= 15 is 0 Å². The molecule has 1 heterocycles. The maximum Gasteiger partial charge on any atom is 0.303 e. The van der Waals surface area contributed by atoms with Crippen LogP contribution in [0.1, 0.15) is 57.1 Å². The molecule has 1 aromatic heterocycles. The summed E-state index contributed by atoms with van der Waals surface area (Å²) >= 11 is 1.66. The zero-order chi connectivity index (χ0) is 12.3. The van der Waals surface area contributed by atoms with Gasteiger partial charge in [-0.2, -0.15) is 0 Å². The van der Waals surface area contributed by atoms with Gasteiger partial charge in [0.05, 0.1) is 11.2 Å². The summed E-state index contributed by atoms with van der Waals surface area (Å²) in [4.78, 5) is 14.5. The molecule has 96 valence electrons. The number of aliphatic carboxylic acids is 1. The molecule has 0 aliphatic heterocycles. The van der Waals surface area contributed by atoms with Crippen molar-refractivity contribution >= 4 is 17.3 Å². The second-order valence-electron chi connectivity index (χ2n) is 4.35. The van der Waals surface area contributed by atoms with Crippen LogP contribution in [0.15, 0.2) is 10.9 Å². The Morgan fingerprint density at radius 2 is 1.76 bits per heavy atom. The van der Waals surface area contributed by atoms with Gasteiger partial charge < -0.3 is 5.11 Å². The van der Waals surface area contributed by atoms with Crippen molar-refractivity contribution in [2.45, 2.75) is 57.8 Å². The summed E-state index contributed by atoms with van der Waals surface area (Å²) in [6.45, 7) is 0. The van der Waals surface area contributed by atoms with E-state index in [-0.39, 0.29) is 0 Å². The topological polar surface area (TPSA) is 50.2 Å². The van der Waals surface area contributed by atoms with Gasteiger partial charge >= 0.3 is 5.97 Å². The van der Waals surface area contributed by atoms with Crippen molar-refractivity contribution < 1.29 is 9.90 Å². The lowest BCUT2D eigenvalue weighted by molar-refractivity contribution is -0.137. The van der Waals surface area contributed by atoms with Crippen LogP contribution in [-0.4, -0.2) is 16.1 Å². The van der Waals surface area contributed by atoms with Gasteiger partial charge in [0.2, 0.25) is 0 Å². The van der Waals surface area contributed by atoms with Gasteiger partial charge in [-0.05, 0) is 19.3 Å². The number of aryl methyl sites for hydroxylation is 1. The van der Waals surface area contributed by atoms with Gasteiger partial charge in [0.1, 0.15) is 0 Å². The number of aromatic nitrogens is 1. The summed E-state index contributed by atoms with van der Waals surface area (Å²) in [6, 6.07) is 0. The van der Waals surface area contributed by atoms with Crippen molar-refractivity contribution in [2.24, 2.45) is 0 Å². The third kappa shape index (κ3) is 7.91. The van der Waals surface area contributed by atoms with Crippen LogP contribution < -0.4 is 0 Å². The van der Waals surface area contributed by atoms with Crippen molar-refractivity contribution in [1.82, 2.24) is 4.98 Å². The summed E-state index contributed by atoms with van der Waals surface area (Å²) in [5, 5.41) is 10.6. The zero-order valence-corrected chi connectivity index (χ0v) is 11.0. The van der Waals surface area contributed by atoms with Crippen LogP contribution in [-0.2, 0) is 11.2 Å². The highest BCUT2D eigenvalue weighted by Gasteiger charge is 1.97. The number of nitrogens with zero attached hydrogens (tertiary/aromatic N) is 1. The third-order valence-corrected chi connectivity index (χ3v) is 3.44. The number of hydrogen-bond acceptors (Lipinski definition) is 3. The van der Waals surface area contributed by atoms with Crippen LogP contribution >= 0.6 is 11.3 Å². The Bertz CT molecular complexity index is 298. The Kier molecular flexibility index (Phi) is 7.63. The van der Waals surface area contributed by atoms with Crippen molar-refractivity contribution in [3.8, 4) is 0 Å². The molecular formula is C13H21NO2S. The molecule has 0 saturated heterocycles. The van der Waals surface area contributed by atoms with E-state index in [0.717, 1.165) is 19.3 Å². The normalized spacial score (nSPS) is 10.6. The first-order valence-corrected chi connectivity index (χ1v) is 7.32. The minimum absolute atomic E-state index is 0.323. The number of carboxylic acid groups (broad SMARTS) is 1. The SMILES string of the molecule is O=C(O)CCCCCCCCCc1cscn1. The highest BCUT2D eigenvalue weighted by Crippen LogP contribution is 2.11. The van der Waals surface area contributed by atoms with Crippen LogP contribution in [0.25, 0.3) is 0 Å². The van der Waals surface area contributed by atoms with Crippen molar-refractivity contribution in [1.29, 1.82) is 0 Å². The number of rotatable bonds is 10. The van der Waals surface area contributed by atoms with Crippen molar-refractivity contribution in [2.75, 3.05) is 0 Å². The molecule has 0 aromatic carbocycles. The third-order valence-electron chi connectivity index (χ3n) is 2.81. The van der Waals surface area contributed by atoms with Gasteiger partial charge in [0, 0.05) is 11.8 Å². The maximum absolute atomic E-state index is 10.3. The standard InChI is InChI=1S/C13H21NO2S/c15-13(16)9-7-5-3-1-2-4-6-8-12-10-17-11-14-12/h10-11H,1-9H2,(H,15,16). The molecule has 3 nitrogen and oxygen atoms in total. The zero-order valence-electron chi connectivity index (χ0n) is 10.2. The van der Waals surface area contributed by atoms with Crippen LogP contribution in [0.2, 0.25) is 0 Å². The molecule has 0 spiro atoms. The average Bonchev–Trinajstić information content (AvgIpc) is 2.79. The Labute approximate surface area is 107 Å². The Morgan fingerprint density at radius 3 is 2.35 bits per heavy atom. The van der Waals surface area contributed by atoms with E-state index in [1.807, 2.05) is 5.51 Å². The molecular weight excluding hydrogens is 234 g/mol. The van der Waals surface area contributed by atoms with E-state index in [1.165, 1.54) is 37.8 Å². The van der Waals surface area contributed by atoms with Gasteiger partial charge in [-0.25, -0.2) is 4.98 Å². The van der Waals surface area contributed by atoms with Gasteiger partial charge in [0.15, 0.2) is 0 Å². The predicted octanol–water partition coefficient (Wildman–Crippen LogP) is 3.89.